The molecule has 1 unspecified atom stereocenters. The average Bonchev–Trinajstić information content (AvgIpc) is 2.42. The summed E-state index contributed by atoms with van der Waals surface area (Å²) in [5, 5.41) is 19.8. The van der Waals surface area contributed by atoms with Gasteiger partial charge in [-0.15, -0.1) is 0 Å². The normalized spacial score (nSPS) is 14.8. The summed E-state index contributed by atoms with van der Waals surface area (Å²) in [6.45, 7) is -0.123. The van der Waals surface area contributed by atoms with E-state index in [-0.39, 0.29) is 18.2 Å². The number of carboxylic acids is 1. The van der Waals surface area contributed by atoms with Crippen molar-refractivity contribution in [1.29, 1.82) is 0 Å². The Hall–Kier alpha value is -2.30. The van der Waals surface area contributed by atoms with Gasteiger partial charge in [0.2, 0.25) is 0 Å². The highest BCUT2D eigenvalue weighted by molar-refractivity contribution is 5.95. The zero-order valence-corrected chi connectivity index (χ0v) is 11.9. The molecule has 24 heavy (non-hydrogen) atoms. The van der Waals surface area contributed by atoms with Crippen LogP contribution in [0.5, 0.6) is 0 Å². The molecule has 0 saturated heterocycles. The predicted molar refractivity (Wildman–Crippen MR) is 67.0 cm³/mol. The lowest BCUT2D eigenvalue weighted by Gasteiger charge is -2.19. The number of nitrogens with one attached hydrogen (secondary N) is 1. The molecule has 5 nitrogen and oxygen atoms in total. The molecule has 1 amide bonds. The standard InChI is InChI=1S/C13H11F6NO4/c1-11(24,10(22)23)5-20-9(21)6-2-7(12(14,15)16)4-8(3-6)13(17,18)19/h2-4,24H,5H2,1H3,(H,20,21)(H,22,23). The van der Waals surface area contributed by atoms with E-state index in [1.165, 1.54) is 0 Å². The van der Waals surface area contributed by atoms with Crippen molar-refractivity contribution in [3.05, 3.63) is 34.9 Å². The summed E-state index contributed by atoms with van der Waals surface area (Å²) in [6.07, 6.45) is -10.2. The molecule has 11 heteroatoms. The van der Waals surface area contributed by atoms with Gasteiger partial charge in [0.15, 0.2) is 5.60 Å². The summed E-state index contributed by atoms with van der Waals surface area (Å²) < 4.78 is 76.0. The molecular formula is C13H11F6NO4. The van der Waals surface area contributed by atoms with Crippen molar-refractivity contribution in [3.8, 4) is 0 Å². The van der Waals surface area contributed by atoms with Crippen molar-refractivity contribution < 1.29 is 46.1 Å². The van der Waals surface area contributed by atoms with Gasteiger partial charge < -0.3 is 15.5 Å². The number of carbonyl (C=O) groups excluding carboxylic acids is 1. The van der Waals surface area contributed by atoms with Gasteiger partial charge in [-0.3, -0.25) is 4.79 Å². The first-order chi connectivity index (χ1) is 10.6. The van der Waals surface area contributed by atoms with Crippen molar-refractivity contribution in [2.75, 3.05) is 6.54 Å². The summed E-state index contributed by atoms with van der Waals surface area (Å²) in [5.74, 6) is -3.13. The van der Waals surface area contributed by atoms with Crippen molar-refractivity contribution in [2.24, 2.45) is 0 Å². The second kappa shape index (κ2) is 6.30. The summed E-state index contributed by atoms with van der Waals surface area (Å²) in [7, 11) is 0. The van der Waals surface area contributed by atoms with Crippen LogP contribution >= 0.6 is 0 Å². The number of hydrogen-bond donors (Lipinski definition) is 3. The second-order valence-electron chi connectivity index (χ2n) is 5.06. The molecule has 0 fully saturated rings. The first-order valence-electron chi connectivity index (χ1n) is 6.18. The van der Waals surface area contributed by atoms with Crippen molar-refractivity contribution in [1.82, 2.24) is 5.32 Å². The van der Waals surface area contributed by atoms with Gasteiger partial charge in [-0.2, -0.15) is 26.3 Å². The van der Waals surface area contributed by atoms with E-state index in [1.807, 2.05) is 0 Å². The van der Waals surface area contributed by atoms with Gasteiger partial charge in [-0.1, -0.05) is 0 Å². The maximum atomic E-state index is 12.7. The molecule has 0 spiro atoms. The van der Waals surface area contributed by atoms with Crippen LogP contribution in [0.2, 0.25) is 0 Å². The van der Waals surface area contributed by atoms with Gasteiger partial charge in [-0.05, 0) is 25.1 Å². The zero-order valence-electron chi connectivity index (χ0n) is 11.9. The van der Waals surface area contributed by atoms with Gasteiger partial charge in [0.25, 0.3) is 5.91 Å². The smallest absolute Gasteiger partial charge is 0.416 e. The molecular weight excluding hydrogens is 348 g/mol. The molecule has 1 rings (SSSR count). The Morgan fingerprint density at radius 2 is 1.42 bits per heavy atom. The van der Waals surface area contributed by atoms with Crippen LogP contribution in [0.3, 0.4) is 0 Å². The summed E-state index contributed by atoms with van der Waals surface area (Å²) >= 11 is 0. The molecule has 3 N–H and O–H groups in total. The van der Waals surface area contributed by atoms with E-state index in [2.05, 4.69) is 0 Å². The van der Waals surface area contributed by atoms with E-state index >= 15 is 0 Å². The summed E-state index contributed by atoms with van der Waals surface area (Å²) in [4.78, 5) is 22.4. The third-order valence-electron chi connectivity index (χ3n) is 2.90. The van der Waals surface area contributed by atoms with E-state index in [1.54, 1.807) is 5.32 Å². The van der Waals surface area contributed by atoms with Crippen LogP contribution < -0.4 is 5.32 Å². The molecule has 0 bridgehead atoms. The fourth-order valence-corrected chi connectivity index (χ4v) is 1.52. The molecule has 1 aromatic rings. The summed E-state index contributed by atoms with van der Waals surface area (Å²) in [5.41, 5.74) is -6.79. The van der Waals surface area contributed by atoms with E-state index in [9.17, 15) is 41.0 Å². The first-order valence-corrected chi connectivity index (χ1v) is 6.18. The van der Waals surface area contributed by atoms with Gasteiger partial charge in [0, 0.05) is 5.56 Å². The van der Waals surface area contributed by atoms with Crippen LogP contribution in [0.1, 0.15) is 28.4 Å². The molecule has 0 radical (unpaired) electrons. The van der Waals surface area contributed by atoms with Crippen LogP contribution in [0.15, 0.2) is 18.2 Å². The topological polar surface area (TPSA) is 86.6 Å². The SMILES string of the molecule is CC(O)(CNC(=O)c1cc(C(F)(F)F)cc(C(F)(F)F)c1)C(=O)O. The quantitative estimate of drug-likeness (QED) is 0.720. The number of amides is 1. The Labute approximate surface area is 130 Å². The highest BCUT2D eigenvalue weighted by atomic mass is 19.4. The molecule has 1 atom stereocenters. The van der Waals surface area contributed by atoms with Gasteiger partial charge in [0.05, 0.1) is 17.7 Å². The lowest BCUT2D eigenvalue weighted by atomic mass is 10.0. The number of aliphatic hydroxyl groups is 1. The lowest BCUT2D eigenvalue weighted by molar-refractivity contribution is -0.155. The number of rotatable bonds is 4. The molecule has 0 saturated carbocycles. The molecule has 0 aromatic heterocycles. The number of alkyl halides is 6. The molecule has 1 aromatic carbocycles. The van der Waals surface area contributed by atoms with E-state index in [4.69, 9.17) is 5.11 Å². The van der Waals surface area contributed by atoms with Crippen molar-refractivity contribution in [2.45, 2.75) is 24.9 Å². The first kappa shape index (κ1) is 19.7. The van der Waals surface area contributed by atoms with Crippen LogP contribution in [0, 0.1) is 0 Å². The minimum Gasteiger partial charge on any atom is -0.479 e. The Morgan fingerprint density at radius 1 is 1.00 bits per heavy atom. The van der Waals surface area contributed by atoms with Gasteiger partial charge in [-0.25, -0.2) is 4.79 Å². The lowest BCUT2D eigenvalue weighted by Crippen LogP contribution is -2.46. The fraction of sp³-hybridized carbons (Fsp3) is 0.385. The predicted octanol–water partition coefficient (Wildman–Crippen LogP) is 2.29. The number of benzene rings is 1. The zero-order chi connectivity index (χ0) is 18.9. The Balaban J connectivity index is 3.18. The Kier molecular flexibility index (Phi) is 5.19. The van der Waals surface area contributed by atoms with E-state index in [0.717, 1.165) is 6.92 Å². The average molecular weight is 359 g/mol. The largest absolute Gasteiger partial charge is 0.479 e. The maximum absolute atomic E-state index is 12.7. The van der Waals surface area contributed by atoms with Crippen molar-refractivity contribution in [3.63, 3.8) is 0 Å². The van der Waals surface area contributed by atoms with E-state index < -0.39 is 53.1 Å². The minimum atomic E-state index is -5.12. The summed E-state index contributed by atoms with van der Waals surface area (Å²) in [6, 6.07) is 0.240. The van der Waals surface area contributed by atoms with Crippen LogP contribution in [0.4, 0.5) is 26.3 Å². The van der Waals surface area contributed by atoms with Crippen LogP contribution in [-0.4, -0.2) is 34.2 Å². The third-order valence-corrected chi connectivity index (χ3v) is 2.90. The Morgan fingerprint density at radius 3 is 1.75 bits per heavy atom. The molecule has 134 valence electrons. The van der Waals surface area contributed by atoms with Crippen molar-refractivity contribution >= 4 is 11.9 Å². The molecule has 0 aliphatic rings. The number of aliphatic carboxylic acids is 1. The van der Waals surface area contributed by atoms with Gasteiger partial charge >= 0.3 is 18.3 Å². The fourth-order valence-electron chi connectivity index (χ4n) is 1.52. The Bertz CT molecular complexity index is 619. The van der Waals surface area contributed by atoms with E-state index in [0.29, 0.717) is 0 Å². The minimum absolute atomic E-state index is 0.149. The highest BCUT2D eigenvalue weighted by Crippen LogP contribution is 2.36. The number of carboxylic acid groups (broad SMARTS) is 1. The van der Waals surface area contributed by atoms with Gasteiger partial charge in [0.1, 0.15) is 0 Å². The third kappa shape index (κ3) is 4.85. The maximum Gasteiger partial charge on any atom is 0.416 e. The highest BCUT2D eigenvalue weighted by Gasteiger charge is 2.38. The molecule has 0 aliphatic carbocycles. The second-order valence-corrected chi connectivity index (χ2v) is 5.06. The monoisotopic (exact) mass is 359 g/mol. The number of halogens is 6. The molecule has 0 aliphatic heterocycles. The number of carbonyl (C=O) groups is 2. The molecule has 0 heterocycles. The van der Waals surface area contributed by atoms with Crippen LogP contribution in [0.25, 0.3) is 0 Å². The van der Waals surface area contributed by atoms with Crippen LogP contribution in [-0.2, 0) is 17.1 Å². The number of hydrogen-bond acceptors (Lipinski definition) is 3.